The number of thioether (sulfide) groups is 1. The molecule has 28 heavy (non-hydrogen) atoms. The first-order chi connectivity index (χ1) is 13.6. The van der Waals surface area contributed by atoms with E-state index in [9.17, 15) is 4.79 Å². The number of likely N-dealkylation sites (tertiary alicyclic amines) is 1. The summed E-state index contributed by atoms with van der Waals surface area (Å²) >= 11 is 1.49. The van der Waals surface area contributed by atoms with E-state index in [1.54, 1.807) is 4.52 Å². The van der Waals surface area contributed by atoms with Crippen molar-refractivity contribution in [3.05, 3.63) is 52.8 Å². The van der Waals surface area contributed by atoms with Crippen LogP contribution >= 0.6 is 11.8 Å². The van der Waals surface area contributed by atoms with Gasteiger partial charge in [-0.25, -0.2) is 9.50 Å². The highest BCUT2D eigenvalue weighted by molar-refractivity contribution is 7.98. The van der Waals surface area contributed by atoms with Crippen molar-refractivity contribution in [2.24, 2.45) is 0 Å². The third-order valence-electron chi connectivity index (χ3n) is 5.55. The Bertz CT molecular complexity index is 1000. The quantitative estimate of drug-likeness (QED) is 0.621. The number of hydrogen-bond acceptors (Lipinski definition) is 5. The number of carbonyl (C=O) groups excluding carboxylic acids is 1. The zero-order valence-corrected chi connectivity index (χ0v) is 17.4. The summed E-state index contributed by atoms with van der Waals surface area (Å²) in [6.45, 7) is 4.78. The van der Waals surface area contributed by atoms with Gasteiger partial charge in [0.05, 0.1) is 6.42 Å². The maximum Gasteiger partial charge on any atom is 0.253 e. The molecular weight excluding hydrogens is 370 g/mol. The summed E-state index contributed by atoms with van der Waals surface area (Å²) in [7, 11) is 0. The van der Waals surface area contributed by atoms with E-state index in [4.69, 9.17) is 0 Å². The van der Waals surface area contributed by atoms with Gasteiger partial charge in [0.25, 0.3) is 5.78 Å². The standard InChI is InChI=1S/C21H25N5OS/c1-14-18(15(2)26-20(22-14)23-21(24-26)28-3)13-19(27)25-11-7-10-17(25)12-16-8-5-4-6-9-16/h4-6,8-9,17H,7,10-13H2,1-3H3/t17-/m1/s1. The van der Waals surface area contributed by atoms with E-state index < -0.39 is 0 Å². The number of rotatable bonds is 5. The largest absolute Gasteiger partial charge is 0.339 e. The molecule has 146 valence electrons. The zero-order valence-electron chi connectivity index (χ0n) is 16.6. The lowest BCUT2D eigenvalue weighted by Gasteiger charge is -2.25. The van der Waals surface area contributed by atoms with Crippen LogP contribution in [0.2, 0.25) is 0 Å². The minimum absolute atomic E-state index is 0.177. The first-order valence-corrected chi connectivity index (χ1v) is 10.9. The summed E-state index contributed by atoms with van der Waals surface area (Å²) in [5, 5.41) is 5.18. The molecule has 1 saturated heterocycles. The smallest absolute Gasteiger partial charge is 0.253 e. The van der Waals surface area contributed by atoms with E-state index in [1.807, 2.05) is 26.2 Å². The van der Waals surface area contributed by atoms with Crippen LogP contribution in [-0.2, 0) is 17.6 Å². The average molecular weight is 396 g/mol. The Kier molecular flexibility index (Phi) is 5.35. The first kappa shape index (κ1) is 18.9. The number of fused-ring (bicyclic) bond motifs is 1. The van der Waals surface area contributed by atoms with Gasteiger partial charge in [0, 0.05) is 29.5 Å². The molecule has 1 fully saturated rings. The van der Waals surface area contributed by atoms with Gasteiger partial charge < -0.3 is 4.90 Å². The fourth-order valence-electron chi connectivity index (χ4n) is 4.05. The lowest BCUT2D eigenvalue weighted by Crippen LogP contribution is -2.38. The van der Waals surface area contributed by atoms with Crippen molar-refractivity contribution in [1.82, 2.24) is 24.5 Å². The summed E-state index contributed by atoms with van der Waals surface area (Å²) in [4.78, 5) is 24.2. The second-order valence-electron chi connectivity index (χ2n) is 7.32. The van der Waals surface area contributed by atoms with E-state index in [2.05, 4.69) is 44.2 Å². The van der Waals surface area contributed by atoms with Crippen LogP contribution in [0, 0.1) is 13.8 Å². The van der Waals surface area contributed by atoms with E-state index >= 15 is 0 Å². The van der Waals surface area contributed by atoms with Gasteiger partial charge in [0.15, 0.2) is 0 Å². The van der Waals surface area contributed by atoms with Crippen LogP contribution in [0.15, 0.2) is 35.5 Å². The maximum atomic E-state index is 13.2. The number of aromatic nitrogens is 4. The van der Waals surface area contributed by atoms with Gasteiger partial charge in [-0.05, 0) is 44.9 Å². The molecular formula is C21H25N5OS. The van der Waals surface area contributed by atoms with Gasteiger partial charge in [0.2, 0.25) is 11.1 Å². The van der Waals surface area contributed by atoms with Crippen molar-refractivity contribution in [2.75, 3.05) is 12.8 Å². The summed E-state index contributed by atoms with van der Waals surface area (Å²) in [6.07, 6.45) is 5.36. The van der Waals surface area contributed by atoms with Crippen LogP contribution in [0.5, 0.6) is 0 Å². The zero-order chi connectivity index (χ0) is 19.7. The second-order valence-corrected chi connectivity index (χ2v) is 8.09. The van der Waals surface area contributed by atoms with Crippen LogP contribution in [0.4, 0.5) is 0 Å². The molecule has 1 amide bonds. The molecule has 1 aromatic carbocycles. The van der Waals surface area contributed by atoms with Crippen LogP contribution in [0.25, 0.3) is 5.78 Å². The Morgan fingerprint density at radius 2 is 2.00 bits per heavy atom. The SMILES string of the molecule is CSc1nc2nc(C)c(CC(=O)N3CCC[C@@H]3Cc3ccccc3)c(C)n2n1. The summed E-state index contributed by atoms with van der Waals surface area (Å²) in [6, 6.07) is 10.7. The van der Waals surface area contributed by atoms with Gasteiger partial charge in [-0.15, -0.1) is 5.10 Å². The minimum atomic E-state index is 0.177. The van der Waals surface area contributed by atoms with Gasteiger partial charge in [-0.1, -0.05) is 42.1 Å². The van der Waals surface area contributed by atoms with Gasteiger partial charge in [-0.2, -0.15) is 4.98 Å². The fraction of sp³-hybridized carbons (Fsp3) is 0.429. The predicted octanol–water partition coefficient (Wildman–Crippen LogP) is 3.24. The highest BCUT2D eigenvalue weighted by atomic mass is 32.2. The molecule has 3 aromatic rings. The third kappa shape index (κ3) is 3.63. The number of amides is 1. The molecule has 6 nitrogen and oxygen atoms in total. The van der Waals surface area contributed by atoms with Gasteiger partial charge >= 0.3 is 0 Å². The van der Waals surface area contributed by atoms with Crippen LogP contribution < -0.4 is 0 Å². The van der Waals surface area contributed by atoms with E-state index in [0.29, 0.717) is 17.4 Å². The number of benzene rings is 1. The van der Waals surface area contributed by atoms with Crippen molar-refractivity contribution in [3.63, 3.8) is 0 Å². The Morgan fingerprint density at radius 1 is 1.21 bits per heavy atom. The molecule has 3 heterocycles. The molecule has 0 spiro atoms. The predicted molar refractivity (Wildman–Crippen MR) is 111 cm³/mol. The third-order valence-corrected chi connectivity index (χ3v) is 6.09. The average Bonchev–Trinajstić information content (AvgIpc) is 3.32. The molecule has 0 radical (unpaired) electrons. The molecule has 0 saturated carbocycles. The molecule has 1 aliphatic rings. The first-order valence-electron chi connectivity index (χ1n) is 9.67. The topological polar surface area (TPSA) is 63.4 Å². The molecule has 0 unspecified atom stereocenters. The molecule has 0 bridgehead atoms. The van der Waals surface area contributed by atoms with E-state index in [1.165, 1.54) is 17.3 Å². The minimum Gasteiger partial charge on any atom is -0.339 e. The van der Waals surface area contributed by atoms with Crippen molar-refractivity contribution in [1.29, 1.82) is 0 Å². The second kappa shape index (κ2) is 7.91. The Morgan fingerprint density at radius 3 is 2.75 bits per heavy atom. The van der Waals surface area contributed by atoms with E-state index in [-0.39, 0.29) is 11.9 Å². The molecule has 0 aliphatic carbocycles. The normalized spacial score (nSPS) is 16.8. The Labute approximate surface area is 169 Å². The monoisotopic (exact) mass is 395 g/mol. The summed E-state index contributed by atoms with van der Waals surface area (Å²) in [5.41, 5.74) is 4.05. The Balaban J connectivity index is 1.55. The lowest BCUT2D eigenvalue weighted by atomic mass is 10.0. The molecule has 2 aromatic heterocycles. The lowest BCUT2D eigenvalue weighted by molar-refractivity contribution is -0.131. The van der Waals surface area contributed by atoms with Gasteiger partial charge in [0.1, 0.15) is 0 Å². The number of hydrogen-bond donors (Lipinski definition) is 0. The fourth-order valence-corrected chi connectivity index (χ4v) is 4.38. The highest BCUT2D eigenvalue weighted by Crippen LogP contribution is 2.24. The summed E-state index contributed by atoms with van der Waals surface area (Å²) < 4.78 is 1.76. The molecule has 4 rings (SSSR count). The molecule has 1 atom stereocenters. The number of carbonyl (C=O) groups is 1. The maximum absolute atomic E-state index is 13.2. The molecule has 7 heteroatoms. The van der Waals surface area contributed by atoms with Gasteiger partial charge in [-0.3, -0.25) is 4.79 Å². The molecule has 1 aliphatic heterocycles. The van der Waals surface area contributed by atoms with Crippen molar-refractivity contribution in [3.8, 4) is 0 Å². The van der Waals surface area contributed by atoms with Crippen LogP contribution in [-0.4, -0.2) is 49.2 Å². The molecule has 0 N–H and O–H groups in total. The van der Waals surface area contributed by atoms with Crippen molar-refractivity contribution >= 4 is 23.4 Å². The number of nitrogens with zero attached hydrogens (tertiary/aromatic N) is 5. The van der Waals surface area contributed by atoms with Crippen LogP contribution in [0.3, 0.4) is 0 Å². The summed E-state index contributed by atoms with van der Waals surface area (Å²) in [5.74, 6) is 0.773. The highest BCUT2D eigenvalue weighted by Gasteiger charge is 2.29. The number of aryl methyl sites for hydroxylation is 2. The van der Waals surface area contributed by atoms with E-state index in [0.717, 1.165) is 42.8 Å². The Hall–Kier alpha value is -2.41. The van der Waals surface area contributed by atoms with Crippen molar-refractivity contribution in [2.45, 2.75) is 50.7 Å². The van der Waals surface area contributed by atoms with Crippen LogP contribution in [0.1, 0.15) is 35.4 Å². The van der Waals surface area contributed by atoms with Crippen molar-refractivity contribution < 1.29 is 4.79 Å².